The Hall–Kier alpha value is -2.87. The van der Waals surface area contributed by atoms with E-state index in [1.807, 2.05) is 19.1 Å². The molecule has 2 amide bonds. The molecule has 2 fully saturated rings. The SMILES string of the molecule is Cc1cc(OC(C)C(=O)NCC(=O)N2CC[C@@]3(O)CCCC[C@H]3C2)c2c3c(c(=O)oc2c1)CCC3. The highest BCUT2D eigenvalue weighted by Gasteiger charge is 2.43. The van der Waals surface area contributed by atoms with Gasteiger partial charge in [-0.2, -0.15) is 0 Å². The number of aryl methyl sites for hydroxylation is 2. The van der Waals surface area contributed by atoms with Crippen molar-refractivity contribution < 1.29 is 23.8 Å². The van der Waals surface area contributed by atoms with Gasteiger partial charge in [-0.3, -0.25) is 9.59 Å². The number of piperidine rings is 1. The van der Waals surface area contributed by atoms with Crippen LogP contribution in [0.15, 0.2) is 21.3 Å². The first-order valence-corrected chi connectivity index (χ1v) is 12.8. The third-order valence-electron chi connectivity index (χ3n) is 8.05. The zero-order valence-electron chi connectivity index (χ0n) is 20.5. The van der Waals surface area contributed by atoms with Crippen molar-refractivity contribution in [3.63, 3.8) is 0 Å². The topological polar surface area (TPSA) is 109 Å². The maximum Gasteiger partial charge on any atom is 0.339 e. The molecule has 1 aromatic heterocycles. The van der Waals surface area contributed by atoms with Gasteiger partial charge in [-0.25, -0.2) is 4.79 Å². The summed E-state index contributed by atoms with van der Waals surface area (Å²) in [6.07, 6.45) is 5.99. The van der Waals surface area contributed by atoms with Crippen LogP contribution in [0.25, 0.3) is 11.0 Å². The lowest BCUT2D eigenvalue weighted by molar-refractivity contribution is -0.144. The van der Waals surface area contributed by atoms with E-state index in [0.717, 1.165) is 55.0 Å². The number of aliphatic hydroxyl groups is 1. The minimum Gasteiger partial charge on any atom is -0.480 e. The first-order valence-electron chi connectivity index (χ1n) is 12.8. The van der Waals surface area contributed by atoms with Crippen molar-refractivity contribution in [2.75, 3.05) is 19.6 Å². The molecule has 1 saturated heterocycles. The van der Waals surface area contributed by atoms with Gasteiger partial charge < -0.3 is 24.5 Å². The summed E-state index contributed by atoms with van der Waals surface area (Å²) in [6.45, 7) is 4.49. The molecule has 1 unspecified atom stereocenters. The number of hydrogen-bond donors (Lipinski definition) is 2. The van der Waals surface area contributed by atoms with Crippen molar-refractivity contribution in [3.05, 3.63) is 39.2 Å². The summed E-state index contributed by atoms with van der Waals surface area (Å²) in [6, 6.07) is 3.67. The first kappa shape index (κ1) is 23.9. The number of rotatable bonds is 5. The lowest BCUT2D eigenvalue weighted by Crippen LogP contribution is -2.56. The second-order valence-electron chi connectivity index (χ2n) is 10.5. The van der Waals surface area contributed by atoms with Gasteiger partial charge in [-0.05, 0) is 75.6 Å². The number of hydrogen-bond acceptors (Lipinski definition) is 6. The molecule has 8 heteroatoms. The molecular formula is C27H34N2O6. The molecule has 2 N–H and O–H groups in total. The number of benzene rings is 1. The van der Waals surface area contributed by atoms with E-state index in [4.69, 9.17) is 9.15 Å². The summed E-state index contributed by atoms with van der Waals surface area (Å²) in [5, 5.41) is 14.3. The molecule has 188 valence electrons. The highest BCUT2D eigenvalue weighted by molar-refractivity contribution is 5.90. The predicted octanol–water partition coefficient (Wildman–Crippen LogP) is 2.63. The van der Waals surface area contributed by atoms with Gasteiger partial charge in [0.2, 0.25) is 5.91 Å². The maximum absolute atomic E-state index is 12.8. The molecule has 3 aliphatic rings. The van der Waals surface area contributed by atoms with E-state index < -0.39 is 11.7 Å². The van der Waals surface area contributed by atoms with Crippen LogP contribution < -0.4 is 15.7 Å². The molecule has 2 aliphatic carbocycles. The van der Waals surface area contributed by atoms with Crippen LogP contribution >= 0.6 is 0 Å². The molecule has 8 nitrogen and oxygen atoms in total. The molecule has 2 heterocycles. The number of nitrogens with one attached hydrogen (secondary N) is 1. The Morgan fingerprint density at radius 3 is 2.86 bits per heavy atom. The van der Waals surface area contributed by atoms with Crippen molar-refractivity contribution >= 4 is 22.8 Å². The number of nitrogens with zero attached hydrogens (tertiary/aromatic N) is 1. The van der Waals surface area contributed by atoms with E-state index in [1.54, 1.807) is 11.8 Å². The smallest absolute Gasteiger partial charge is 0.339 e. The molecule has 35 heavy (non-hydrogen) atoms. The molecule has 1 aromatic carbocycles. The maximum atomic E-state index is 12.8. The Morgan fingerprint density at radius 2 is 2.03 bits per heavy atom. The highest BCUT2D eigenvalue weighted by atomic mass is 16.5. The van der Waals surface area contributed by atoms with Crippen LogP contribution in [0, 0.1) is 12.8 Å². The average molecular weight is 483 g/mol. The summed E-state index contributed by atoms with van der Waals surface area (Å²) in [5.41, 5.74) is 2.04. The first-order chi connectivity index (χ1) is 16.7. The van der Waals surface area contributed by atoms with E-state index in [2.05, 4.69) is 5.32 Å². The second-order valence-corrected chi connectivity index (χ2v) is 10.5. The van der Waals surface area contributed by atoms with E-state index in [9.17, 15) is 19.5 Å². The number of fused-ring (bicyclic) bond motifs is 4. The number of ether oxygens (including phenoxy) is 1. The van der Waals surface area contributed by atoms with Gasteiger partial charge in [0.05, 0.1) is 17.5 Å². The van der Waals surface area contributed by atoms with Crippen molar-refractivity contribution in [2.24, 2.45) is 5.92 Å². The van der Waals surface area contributed by atoms with Gasteiger partial charge in [-0.1, -0.05) is 12.8 Å². The van der Waals surface area contributed by atoms with Gasteiger partial charge in [-0.15, -0.1) is 0 Å². The summed E-state index contributed by atoms with van der Waals surface area (Å²) in [5.74, 6) is 0.110. The van der Waals surface area contributed by atoms with E-state index in [0.29, 0.717) is 42.8 Å². The Kier molecular flexibility index (Phi) is 6.34. The fourth-order valence-electron chi connectivity index (χ4n) is 6.06. The third kappa shape index (κ3) is 4.56. The largest absolute Gasteiger partial charge is 0.480 e. The fourth-order valence-corrected chi connectivity index (χ4v) is 6.06. The molecule has 3 atom stereocenters. The summed E-state index contributed by atoms with van der Waals surface area (Å²) in [7, 11) is 0. The zero-order chi connectivity index (χ0) is 24.7. The van der Waals surface area contributed by atoms with E-state index in [1.165, 1.54) is 0 Å². The molecular weight excluding hydrogens is 448 g/mol. The van der Waals surface area contributed by atoms with Crippen LogP contribution in [0.5, 0.6) is 5.75 Å². The normalized spacial score (nSPS) is 24.5. The molecule has 2 aromatic rings. The molecule has 0 spiro atoms. The van der Waals surface area contributed by atoms with Gasteiger partial charge in [0.15, 0.2) is 6.10 Å². The lowest BCUT2D eigenvalue weighted by Gasteiger charge is -2.47. The van der Waals surface area contributed by atoms with Crippen LogP contribution in [-0.2, 0) is 22.4 Å². The molecule has 0 bridgehead atoms. The predicted molar refractivity (Wildman–Crippen MR) is 130 cm³/mol. The van der Waals surface area contributed by atoms with Crippen LogP contribution in [0.3, 0.4) is 0 Å². The number of carbonyl (C=O) groups is 2. The molecule has 0 radical (unpaired) electrons. The fraction of sp³-hybridized carbons (Fsp3) is 0.593. The number of amides is 2. The lowest BCUT2D eigenvalue weighted by atomic mass is 9.71. The standard InChI is InChI=1S/C27H34N2O6/c1-16-12-21(24-19-7-5-8-20(19)26(32)35-22(24)13-16)34-17(2)25(31)28-14-23(30)29-11-10-27(33)9-4-3-6-18(27)15-29/h12-13,17-18,33H,3-11,14-15H2,1-2H3,(H,28,31)/t17?,18-,27-/m0/s1. The summed E-state index contributed by atoms with van der Waals surface area (Å²) < 4.78 is 11.6. The monoisotopic (exact) mass is 482 g/mol. The minimum absolute atomic E-state index is 0.101. The Morgan fingerprint density at radius 1 is 1.23 bits per heavy atom. The second kappa shape index (κ2) is 9.30. The van der Waals surface area contributed by atoms with Gasteiger partial charge >= 0.3 is 5.63 Å². The van der Waals surface area contributed by atoms with Gasteiger partial charge in [0, 0.05) is 24.6 Å². The quantitative estimate of drug-likeness (QED) is 0.634. The van der Waals surface area contributed by atoms with Crippen LogP contribution in [0.4, 0.5) is 0 Å². The Balaban J connectivity index is 1.24. The van der Waals surface area contributed by atoms with Crippen molar-refractivity contribution in [1.29, 1.82) is 0 Å². The third-order valence-corrected chi connectivity index (χ3v) is 8.05. The average Bonchev–Trinajstić information content (AvgIpc) is 3.32. The molecule has 1 aliphatic heterocycles. The van der Waals surface area contributed by atoms with Crippen molar-refractivity contribution in [3.8, 4) is 5.75 Å². The van der Waals surface area contributed by atoms with Crippen molar-refractivity contribution in [2.45, 2.75) is 76.9 Å². The van der Waals surface area contributed by atoms with E-state index in [-0.39, 0.29) is 29.9 Å². The molecule has 5 rings (SSSR count). The van der Waals surface area contributed by atoms with Crippen molar-refractivity contribution in [1.82, 2.24) is 10.2 Å². The van der Waals surface area contributed by atoms with Gasteiger partial charge in [0.1, 0.15) is 11.3 Å². The zero-order valence-corrected chi connectivity index (χ0v) is 20.5. The Bertz CT molecular complexity index is 1220. The van der Waals surface area contributed by atoms with E-state index >= 15 is 0 Å². The number of likely N-dealkylation sites (tertiary alicyclic amines) is 1. The molecule has 1 saturated carbocycles. The van der Waals surface area contributed by atoms with Crippen LogP contribution in [0.1, 0.15) is 62.1 Å². The summed E-state index contributed by atoms with van der Waals surface area (Å²) in [4.78, 5) is 39.7. The van der Waals surface area contributed by atoms with Crippen LogP contribution in [-0.4, -0.2) is 53.2 Å². The van der Waals surface area contributed by atoms with Gasteiger partial charge in [0.25, 0.3) is 5.91 Å². The number of carbonyl (C=O) groups excluding carboxylic acids is 2. The van der Waals surface area contributed by atoms with Crippen LogP contribution in [0.2, 0.25) is 0 Å². The highest BCUT2D eigenvalue weighted by Crippen LogP contribution is 2.40. The minimum atomic E-state index is -0.832. The summed E-state index contributed by atoms with van der Waals surface area (Å²) >= 11 is 0. The Labute approximate surface area is 204 Å².